The highest BCUT2D eigenvalue weighted by molar-refractivity contribution is 6.34. The molecular formula is C35H26N4O4. The molecule has 1 N–H and O–H groups in total. The number of imidazole rings is 1. The molecule has 1 aliphatic carbocycles. The van der Waals surface area contributed by atoms with Gasteiger partial charge in [0.15, 0.2) is 11.6 Å². The fourth-order valence-corrected chi connectivity index (χ4v) is 5.83. The van der Waals surface area contributed by atoms with Crippen molar-refractivity contribution in [3.05, 3.63) is 138 Å². The summed E-state index contributed by atoms with van der Waals surface area (Å²) in [5, 5.41) is 0. The summed E-state index contributed by atoms with van der Waals surface area (Å²) in [5.74, 6) is 1.04. The predicted molar refractivity (Wildman–Crippen MR) is 161 cm³/mol. The van der Waals surface area contributed by atoms with E-state index in [0.717, 1.165) is 16.7 Å². The zero-order chi connectivity index (χ0) is 29.4. The van der Waals surface area contributed by atoms with Gasteiger partial charge in [-0.2, -0.15) is 0 Å². The van der Waals surface area contributed by atoms with Crippen LogP contribution in [-0.2, 0) is 18.4 Å². The number of nitrogens with one attached hydrogen (secondary N) is 1. The smallest absolute Gasteiger partial charge is 0.182 e. The van der Waals surface area contributed by atoms with E-state index in [1.165, 1.54) is 0 Å². The van der Waals surface area contributed by atoms with Crippen LogP contribution in [0.4, 0.5) is 0 Å². The number of Topliss-reactive ketones (excluding diaryl/α,β-unsaturated/α-hetero) is 2. The normalized spacial score (nSPS) is 15.9. The number of hydrogen-bond donors (Lipinski definition) is 1. The van der Waals surface area contributed by atoms with Crippen LogP contribution in [0.2, 0.25) is 0 Å². The number of carbonyl (C=O) groups is 2. The number of benzene rings is 3. The van der Waals surface area contributed by atoms with E-state index >= 15 is 0 Å². The molecule has 8 nitrogen and oxygen atoms in total. The molecule has 0 saturated heterocycles. The van der Waals surface area contributed by atoms with Crippen molar-refractivity contribution in [3.63, 3.8) is 0 Å². The van der Waals surface area contributed by atoms with Crippen LogP contribution in [0.3, 0.4) is 0 Å². The van der Waals surface area contributed by atoms with Gasteiger partial charge in [-0.15, -0.1) is 0 Å². The second kappa shape index (κ2) is 10.6. The second-order valence-corrected chi connectivity index (χ2v) is 10.4. The van der Waals surface area contributed by atoms with Gasteiger partial charge in [0.2, 0.25) is 0 Å². The Morgan fingerprint density at radius 2 is 1.60 bits per heavy atom. The molecule has 3 aromatic carbocycles. The van der Waals surface area contributed by atoms with Crippen molar-refractivity contribution in [3.8, 4) is 22.9 Å². The first-order valence-corrected chi connectivity index (χ1v) is 13.9. The lowest BCUT2D eigenvalue weighted by Crippen LogP contribution is -2.41. The summed E-state index contributed by atoms with van der Waals surface area (Å²) in [7, 11) is 1.57. The Kier molecular flexibility index (Phi) is 6.51. The number of methoxy groups -OCH3 is 1. The van der Waals surface area contributed by atoms with Crippen LogP contribution in [0.25, 0.3) is 22.4 Å². The standard InChI is InChI=1S/C35H26N4O4/c1-42-29-12-11-28(30-31(29)39-34(38-30)24-8-5-15-37-20-24)35(19-22-13-16-36-17-14-22)32(40)26-10-9-25(18-27(26)33(35)41)43-21-23-6-3-2-4-7-23/h2-18,20H,19,21H2,1H3,(H,38,39). The number of nitrogens with zero attached hydrogens (tertiary/aromatic N) is 3. The molecule has 0 fully saturated rings. The maximum atomic E-state index is 14.7. The van der Waals surface area contributed by atoms with Crippen molar-refractivity contribution in [1.82, 2.24) is 19.9 Å². The first-order chi connectivity index (χ1) is 21.1. The van der Waals surface area contributed by atoms with Crippen LogP contribution in [0.5, 0.6) is 11.5 Å². The summed E-state index contributed by atoms with van der Waals surface area (Å²) in [6.07, 6.45) is 6.85. The third-order valence-corrected chi connectivity index (χ3v) is 7.94. The number of aromatic amines is 1. The molecule has 0 spiro atoms. The minimum absolute atomic E-state index is 0.137. The molecule has 1 atom stereocenters. The van der Waals surface area contributed by atoms with Crippen LogP contribution in [0.15, 0.2) is 110 Å². The fraction of sp³-hybridized carbons (Fsp3) is 0.114. The molecule has 0 saturated carbocycles. The summed E-state index contributed by atoms with van der Waals surface area (Å²) in [4.78, 5) is 45.8. The number of rotatable bonds is 8. The molecule has 210 valence electrons. The molecule has 1 aliphatic rings. The van der Waals surface area contributed by atoms with Crippen LogP contribution in [0, 0.1) is 0 Å². The molecule has 0 bridgehead atoms. The molecule has 3 heterocycles. The Balaban J connectivity index is 1.38. The quantitative estimate of drug-likeness (QED) is 0.220. The number of hydrogen-bond acceptors (Lipinski definition) is 7. The molecule has 6 aromatic rings. The average Bonchev–Trinajstić information content (AvgIpc) is 3.60. The molecular weight excluding hydrogens is 540 g/mol. The lowest BCUT2D eigenvalue weighted by molar-refractivity contribution is 0.0794. The molecule has 3 aromatic heterocycles. The lowest BCUT2D eigenvalue weighted by atomic mass is 9.71. The van der Waals surface area contributed by atoms with Gasteiger partial charge in [0.25, 0.3) is 0 Å². The van der Waals surface area contributed by atoms with Crippen LogP contribution in [-0.4, -0.2) is 38.6 Å². The monoisotopic (exact) mass is 566 g/mol. The topological polar surface area (TPSA) is 107 Å². The van der Waals surface area contributed by atoms with Gasteiger partial charge in [-0.25, -0.2) is 4.98 Å². The highest BCUT2D eigenvalue weighted by atomic mass is 16.5. The number of fused-ring (bicyclic) bond motifs is 2. The first kappa shape index (κ1) is 26.3. The maximum Gasteiger partial charge on any atom is 0.182 e. The van der Waals surface area contributed by atoms with Gasteiger partial charge in [0.05, 0.1) is 12.6 Å². The van der Waals surface area contributed by atoms with Crippen molar-refractivity contribution in [2.24, 2.45) is 0 Å². The number of carbonyl (C=O) groups excluding carboxylic acids is 2. The number of pyridine rings is 2. The maximum absolute atomic E-state index is 14.7. The average molecular weight is 567 g/mol. The molecule has 0 amide bonds. The zero-order valence-electron chi connectivity index (χ0n) is 23.3. The third-order valence-electron chi connectivity index (χ3n) is 7.94. The number of ketones is 2. The number of ether oxygens (including phenoxy) is 2. The Hall–Kier alpha value is -5.63. The Bertz CT molecular complexity index is 1970. The SMILES string of the molecule is COc1ccc(C2(Cc3ccncc3)C(=O)c3ccc(OCc4ccccc4)cc3C2=O)c2nc(-c3cccnc3)[nH]c12. The minimum atomic E-state index is -1.56. The van der Waals surface area contributed by atoms with E-state index in [0.29, 0.717) is 51.7 Å². The molecule has 7 rings (SSSR count). The summed E-state index contributed by atoms with van der Waals surface area (Å²) in [5.41, 5.74) is 3.28. The van der Waals surface area contributed by atoms with E-state index in [-0.39, 0.29) is 18.0 Å². The van der Waals surface area contributed by atoms with E-state index in [1.54, 1.807) is 62.2 Å². The van der Waals surface area contributed by atoms with Crippen molar-refractivity contribution >= 4 is 22.6 Å². The van der Waals surface area contributed by atoms with Gasteiger partial charge < -0.3 is 14.5 Å². The molecule has 43 heavy (non-hydrogen) atoms. The Labute approximate surface area is 247 Å². The highest BCUT2D eigenvalue weighted by Crippen LogP contribution is 2.46. The van der Waals surface area contributed by atoms with Gasteiger partial charge in [-0.3, -0.25) is 19.6 Å². The van der Waals surface area contributed by atoms with E-state index in [4.69, 9.17) is 14.5 Å². The van der Waals surface area contributed by atoms with Gasteiger partial charge in [-0.1, -0.05) is 36.4 Å². The zero-order valence-corrected chi connectivity index (χ0v) is 23.3. The number of H-pyrrole nitrogens is 1. The molecule has 0 aliphatic heterocycles. The van der Waals surface area contributed by atoms with Crippen LogP contribution in [0.1, 0.15) is 37.4 Å². The van der Waals surface area contributed by atoms with E-state index < -0.39 is 5.41 Å². The van der Waals surface area contributed by atoms with E-state index in [9.17, 15) is 9.59 Å². The Morgan fingerprint density at radius 3 is 2.37 bits per heavy atom. The molecule has 1 unspecified atom stereocenters. The number of aromatic nitrogens is 4. The second-order valence-electron chi connectivity index (χ2n) is 10.4. The van der Waals surface area contributed by atoms with Crippen molar-refractivity contribution in [2.75, 3.05) is 7.11 Å². The van der Waals surface area contributed by atoms with Gasteiger partial charge in [-0.05, 0) is 66.1 Å². The van der Waals surface area contributed by atoms with E-state index in [1.807, 2.05) is 54.6 Å². The minimum Gasteiger partial charge on any atom is -0.494 e. The fourth-order valence-electron chi connectivity index (χ4n) is 5.83. The van der Waals surface area contributed by atoms with Crippen LogP contribution < -0.4 is 9.47 Å². The van der Waals surface area contributed by atoms with E-state index in [2.05, 4.69) is 15.0 Å². The van der Waals surface area contributed by atoms with Gasteiger partial charge in [0, 0.05) is 47.0 Å². The van der Waals surface area contributed by atoms with Crippen molar-refractivity contribution < 1.29 is 19.1 Å². The summed E-state index contributed by atoms with van der Waals surface area (Å²) < 4.78 is 11.7. The van der Waals surface area contributed by atoms with Crippen molar-refractivity contribution in [1.29, 1.82) is 0 Å². The predicted octanol–water partition coefficient (Wildman–Crippen LogP) is 6.17. The lowest BCUT2D eigenvalue weighted by Gasteiger charge is -2.27. The van der Waals surface area contributed by atoms with Crippen LogP contribution >= 0.6 is 0 Å². The van der Waals surface area contributed by atoms with Crippen molar-refractivity contribution in [2.45, 2.75) is 18.4 Å². The molecule has 0 radical (unpaired) electrons. The summed E-state index contributed by atoms with van der Waals surface area (Å²) in [6, 6.07) is 25.8. The summed E-state index contributed by atoms with van der Waals surface area (Å²) >= 11 is 0. The highest BCUT2D eigenvalue weighted by Gasteiger charge is 2.55. The summed E-state index contributed by atoms with van der Waals surface area (Å²) in [6.45, 7) is 0.341. The third kappa shape index (κ3) is 4.44. The Morgan fingerprint density at radius 1 is 0.791 bits per heavy atom. The molecule has 8 heteroatoms. The van der Waals surface area contributed by atoms with Gasteiger partial charge in [0.1, 0.15) is 34.9 Å². The van der Waals surface area contributed by atoms with Gasteiger partial charge >= 0.3 is 0 Å². The largest absolute Gasteiger partial charge is 0.494 e. The first-order valence-electron chi connectivity index (χ1n) is 13.9.